The van der Waals surface area contributed by atoms with Crippen molar-refractivity contribution in [1.82, 2.24) is 0 Å². The van der Waals surface area contributed by atoms with E-state index in [2.05, 4.69) is 31.9 Å². The summed E-state index contributed by atoms with van der Waals surface area (Å²) in [5, 5.41) is 0.896. The van der Waals surface area contributed by atoms with Gasteiger partial charge < -0.3 is 14.2 Å². The Morgan fingerprint density at radius 1 is 1.35 bits per heavy atom. The van der Waals surface area contributed by atoms with Gasteiger partial charge in [-0.15, -0.1) is 0 Å². The van der Waals surface area contributed by atoms with E-state index in [4.69, 9.17) is 14.2 Å². The van der Waals surface area contributed by atoms with Gasteiger partial charge in [0.25, 0.3) is 0 Å². The highest BCUT2D eigenvalue weighted by Crippen LogP contribution is 2.39. The fourth-order valence-corrected chi connectivity index (χ4v) is 2.29. The molecule has 17 heavy (non-hydrogen) atoms. The standard InChI is InChI=1S/C12H14Br2O3/c1-2-15-10-5-12-11(16-7-17-12)4-8(10)3-9(14)6-13/h4-5,9H,2-3,6-7H2,1H3. The summed E-state index contributed by atoms with van der Waals surface area (Å²) < 4.78 is 16.4. The Hall–Kier alpha value is -0.420. The molecule has 0 fully saturated rings. The largest absolute Gasteiger partial charge is 0.493 e. The fourth-order valence-electron chi connectivity index (χ4n) is 1.71. The van der Waals surface area contributed by atoms with Crippen LogP contribution < -0.4 is 14.2 Å². The van der Waals surface area contributed by atoms with E-state index in [1.54, 1.807) is 0 Å². The van der Waals surface area contributed by atoms with Gasteiger partial charge in [0.05, 0.1) is 6.61 Å². The van der Waals surface area contributed by atoms with Crippen LogP contribution in [0.3, 0.4) is 0 Å². The molecule has 0 aromatic heterocycles. The Balaban J connectivity index is 2.27. The molecule has 1 unspecified atom stereocenters. The predicted octanol–water partition coefficient (Wildman–Crippen LogP) is 3.51. The molecule has 0 saturated heterocycles. The lowest BCUT2D eigenvalue weighted by Crippen LogP contribution is -2.06. The number of rotatable bonds is 5. The van der Waals surface area contributed by atoms with E-state index in [1.165, 1.54) is 0 Å². The smallest absolute Gasteiger partial charge is 0.231 e. The Bertz CT molecular complexity index is 396. The van der Waals surface area contributed by atoms with E-state index in [-0.39, 0.29) is 0 Å². The molecule has 0 spiro atoms. The maximum Gasteiger partial charge on any atom is 0.231 e. The second-order valence-corrected chi connectivity index (χ2v) is 5.64. The minimum absolute atomic E-state index is 0.292. The van der Waals surface area contributed by atoms with Gasteiger partial charge in [-0.2, -0.15) is 0 Å². The van der Waals surface area contributed by atoms with Crippen molar-refractivity contribution < 1.29 is 14.2 Å². The summed E-state index contributed by atoms with van der Waals surface area (Å²) in [4.78, 5) is 0.377. The minimum Gasteiger partial charge on any atom is -0.493 e. The van der Waals surface area contributed by atoms with Gasteiger partial charge in [-0.3, -0.25) is 0 Å². The van der Waals surface area contributed by atoms with Crippen molar-refractivity contribution in [2.24, 2.45) is 0 Å². The summed E-state index contributed by atoms with van der Waals surface area (Å²) in [6.07, 6.45) is 0.886. The second-order valence-electron chi connectivity index (χ2n) is 3.70. The zero-order valence-electron chi connectivity index (χ0n) is 9.54. The first-order valence-corrected chi connectivity index (χ1v) is 7.53. The Kier molecular flexibility index (Phi) is 4.56. The van der Waals surface area contributed by atoms with Crippen molar-refractivity contribution in [3.05, 3.63) is 17.7 Å². The zero-order chi connectivity index (χ0) is 12.3. The van der Waals surface area contributed by atoms with Crippen LogP contribution >= 0.6 is 31.9 Å². The third-order valence-electron chi connectivity index (χ3n) is 2.46. The highest BCUT2D eigenvalue weighted by atomic mass is 79.9. The van der Waals surface area contributed by atoms with Crippen molar-refractivity contribution in [3.8, 4) is 17.2 Å². The van der Waals surface area contributed by atoms with Gasteiger partial charge in [0.1, 0.15) is 5.75 Å². The van der Waals surface area contributed by atoms with Gasteiger partial charge in [-0.1, -0.05) is 31.9 Å². The Morgan fingerprint density at radius 3 is 2.71 bits per heavy atom. The topological polar surface area (TPSA) is 27.7 Å². The maximum atomic E-state index is 5.64. The molecule has 1 atom stereocenters. The van der Waals surface area contributed by atoms with Crippen LogP contribution in [0.25, 0.3) is 0 Å². The molecule has 1 aromatic carbocycles. The quantitative estimate of drug-likeness (QED) is 0.747. The van der Waals surface area contributed by atoms with Gasteiger partial charge >= 0.3 is 0 Å². The molecular formula is C12H14Br2O3. The molecule has 1 aromatic rings. The summed E-state index contributed by atoms with van der Waals surface area (Å²) in [6.45, 7) is 2.92. The Labute approximate surface area is 118 Å². The highest BCUT2D eigenvalue weighted by Gasteiger charge is 2.19. The monoisotopic (exact) mass is 364 g/mol. The van der Waals surface area contributed by atoms with Gasteiger partial charge in [0.15, 0.2) is 11.5 Å². The van der Waals surface area contributed by atoms with Crippen LogP contribution in [0.4, 0.5) is 0 Å². The molecule has 94 valence electrons. The fraction of sp³-hybridized carbons (Fsp3) is 0.500. The maximum absolute atomic E-state index is 5.64. The van der Waals surface area contributed by atoms with Crippen LogP contribution in [-0.2, 0) is 6.42 Å². The summed E-state index contributed by atoms with van der Waals surface area (Å²) in [6, 6.07) is 3.92. The van der Waals surface area contributed by atoms with E-state index in [0.29, 0.717) is 18.2 Å². The third kappa shape index (κ3) is 3.07. The van der Waals surface area contributed by atoms with Gasteiger partial charge in [0.2, 0.25) is 6.79 Å². The van der Waals surface area contributed by atoms with E-state index < -0.39 is 0 Å². The zero-order valence-corrected chi connectivity index (χ0v) is 12.7. The van der Waals surface area contributed by atoms with Crippen LogP contribution in [0.15, 0.2) is 12.1 Å². The highest BCUT2D eigenvalue weighted by molar-refractivity contribution is 9.12. The normalized spacial score (nSPS) is 14.8. The summed E-state index contributed by atoms with van der Waals surface area (Å²) >= 11 is 7.06. The van der Waals surface area contributed by atoms with Gasteiger partial charge in [-0.05, 0) is 25.0 Å². The first-order chi connectivity index (χ1) is 8.24. The van der Waals surface area contributed by atoms with Gasteiger partial charge in [-0.25, -0.2) is 0 Å². The molecular weight excluding hydrogens is 352 g/mol. The van der Waals surface area contributed by atoms with E-state index >= 15 is 0 Å². The molecule has 0 N–H and O–H groups in total. The molecule has 1 aliphatic heterocycles. The molecule has 1 heterocycles. The number of halogens is 2. The second kappa shape index (κ2) is 5.96. The first-order valence-electron chi connectivity index (χ1n) is 5.50. The van der Waals surface area contributed by atoms with E-state index in [9.17, 15) is 0 Å². The SMILES string of the molecule is CCOc1cc2c(cc1CC(Br)CBr)OCO2. The number of alkyl halides is 2. The molecule has 0 bridgehead atoms. The molecule has 0 radical (unpaired) electrons. The lowest BCUT2D eigenvalue weighted by molar-refractivity contribution is 0.173. The van der Waals surface area contributed by atoms with Crippen LogP contribution in [0.2, 0.25) is 0 Å². The summed E-state index contributed by atoms with van der Waals surface area (Å²) in [7, 11) is 0. The van der Waals surface area contributed by atoms with Crippen LogP contribution in [-0.4, -0.2) is 23.6 Å². The predicted molar refractivity (Wildman–Crippen MR) is 73.9 cm³/mol. The molecule has 0 saturated carbocycles. The minimum atomic E-state index is 0.292. The Morgan fingerprint density at radius 2 is 2.06 bits per heavy atom. The number of hydrogen-bond donors (Lipinski definition) is 0. The number of hydrogen-bond acceptors (Lipinski definition) is 3. The third-order valence-corrected chi connectivity index (χ3v) is 4.76. The number of benzene rings is 1. The number of fused-ring (bicyclic) bond motifs is 1. The summed E-state index contributed by atoms with van der Waals surface area (Å²) in [5.41, 5.74) is 1.14. The van der Waals surface area contributed by atoms with Crippen molar-refractivity contribution in [3.63, 3.8) is 0 Å². The average Bonchev–Trinajstić information content (AvgIpc) is 2.76. The molecule has 5 heteroatoms. The lowest BCUT2D eigenvalue weighted by Gasteiger charge is -2.13. The lowest BCUT2D eigenvalue weighted by atomic mass is 10.1. The van der Waals surface area contributed by atoms with Crippen molar-refractivity contribution in [2.75, 3.05) is 18.7 Å². The molecule has 0 aliphatic carbocycles. The van der Waals surface area contributed by atoms with E-state index in [0.717, 1.165) is 34.6 Å². The average molecular weight is 366 g/mol. The van der Waals surface area contributed by atoms with E-state index in [1.807, 2.05) is 19.1 Å². The van der Waals surface area contributed by atoms with Crippen LogP contribution in [0.1, 0.15) is 12.5 Å². The van der Waals surface area contributed by atoms with Crippen molar-refractivity contribution >= 4 is 31.9 Å². The summed E-state index contributed by atoms with van der Waals surface area (Å²) in [5.74, 6) is 2.45. The molecule has 0 amide bonds. The van der Waals surface area contributed by atoms with Crippen molar-refractivity contribution in [2.45, 2.75) is 18.2 Å². The molecule has 2 rings (SSSR count). The van der Waals surface area contributed by atoms with Crippen molar-refractivity contribution in [1.29, 1.82) is 0 Å². The van der Waals surface area contributed by atoms with Gasteiger partial charge in [0, 0.05) is 16.2 Å². The first kappa shape index (κ1) is 13.0. The molecule has 3 nitrogen and oxygen atoms in total. The molecule has 1 aliphatic rings. The van der Waals surface area contributed by atoms with Crippen LogP contribution in [0, 0.1) is 0 Å². The van der Waals surface area contributed by atoms with Crippen LogP contribution in [0.5, 0.6) is 17.2 Å². The number of ether oxygens (including phenoxy) is 3.